The first kappa shape index (κ1) is 14.3. The Bertz CT molecular complexity index is 853. The van der Waals surface area contributed by atoms with E-state index in [0.29, 0.717) is 6.54 Å². The molecular weight excluding hydrogens is 270 g/mol. The van der Waals surface area contributed by atoms with E-state index in [4.69, 9.17) is 0 Å². The van der Waals surface area contributed by atoms with Gasteiger partial charge < -0.3 is 4.57 Å². The maximum atomic E-state index is 13.0. The van der Waals surface area contributed by atoms with E-state index in [9.17, 15) is 4.79 Å². The SMILES string of the molecule is C=CCn1c(C)c(C(=O)c2ccc(C)cc2)c2ccccc21. The van der Waals surface area contributed by atoms with E-state index in [0.717, 1.165) is 33.3 Å². The number of benzene rings is 2. The van der Waals surface area contributed by atoms with Gasteiger partial charge in [0.25, 0.3) is 0 Å². The maximum absolute atomic E-state index is 13.0. The van der Waals surface area contributed by atoms with Crippen molar-refractivity contribution < 1.29 is 4.79 Å². The summed E-state index contributed by atoms with van der Waals surface area (Å²) in [5, 5.41) is 1.01. The third-order valence-electron chi connectivity index (χ3n) is 4.08. The van der Waals surface area contributed by atoms with Gasteiger partial charge >= 0.3 is 0 Å². The molecule has 2 nitrogen and oxygen atoms in total. The number of fused-ring (bicyclic) bond motifs is 1. The summed E-state index contributed by atoms with van der Waals surface area (Å²) in [4.78, 5) is 13.0. The average molecular weight is 289 g/mol. The van der Waals surface area contributed by atoms with Crippen LogP contribution < -0.4 is 0 Å². The van der Waals surface area contributed by atoms with Gasteiger partial charge in [-0.2, -0.15) is 0 Å². The number of hydrogen-bond acceptors (Lipinski definition) is 1. The van der Waals surface area contributed by atoms with E-state index in [1.54, 1.807) is 0 Å². The molecule has 0 atom stereocenters. The lowest BCUT2D eigenvalue weighted by atomic mass is 10.00. The van der Waals surface area contributed by atoms with Gasteiger partial charge in [-0.1, -0.05) is 54.1 Å². The summed E-state index contributed by atoms with van der Waals surface area (Å²) in [6, 6.07) is 15.8. The molecule has 0 amide bonds. The molecule has 0 saturated heterocycles. The number of aryl methyl sites for hydroxylation is 1. The van der Waals surface area contributed by atoms with Crippen LogP contribution in [0.5, 0.6) is 0 Å². The van der Waals surface area contributed by atoms with Gasteiger partial charge in [0, 0.05) is 28.7 Å². The van der Waals surface area contributed by atoms with Gasteiger partial charge in [-0.05, 0) is 19.9 Å². The number of para-hydroxylation sites is 1. The van der Waals surface area contributed by atoms with Gasteiger partial charge in [-0.3, -0.25) is 4.79 Å². The molecule has 0 aliphatic carbocycles. The lowest BCUT2D eigenvalue weighted by Crippen LogP contribution is -2.05. The first-order valence-electron chi connectivity index (χ1n) is 7.43. The van der Waals surface area contributed by atoms with Crippen molar-refractivity contribution in [2.24, 2.45) is 0 Å². The number of aromatic nitrogens is 1. The topological polar surface area (TPSA) is 22.0 Å². The predicted molar refractivity (Wildman–Crippen MR) is 91.5 cm³/mol. The number of carbonyl (C=O) groups excluding carboxylic acids is 1. The lowest BCUT2D eigenvalue weighted by molar-refractivity contribution is 0.103. The summed E-state index contributed by atoms with van der Waals surface area (Å²) in [7, 11) is 0. The van der Waals surface area contributed by atoms with Crippen LogP contribution in [0.15, 0.2) is 61.2 Å². The highest BCUT2D eigenvalue weighted by molar-refractivity contribution is 6.17. The quantitative estimate of drug-likeness (QED) is 0.505. The van der Waals surface area contributed by atoms with E-state index >= 15 is 0 Å². The van der Waals surface area contributed by atoms with Crippen LogP contribution in [-0.2, 0) is 6.54 Å². The van der Waals surface area contributed by atoms with E-state index in [1.165, 1.54) is 0 Å². The summed E-state index contributed by atoms with van der Waals surface area (Å²) in [6.45, 7) is 8.55. The fourth-order valence-electron chi connectivity index (χ4n) is 2.93. The molecule has 0 spiro atoms. The Hall–Kier alpha value is -2.61. The van der Waals surface area contributed by atoms with Crippen molar-refractivity contribution in [3.63, 3.8) is 0 Å². The van der Waals surface area contributed by atoms with Gasteiger partial charge in [-0.25, -0.2) is 0 Å². The van der Waals surface area contributed by atoms with E-state index in [1.807, 2.05) is 62.4 Å². The molecular formula is C20H19NO. The Kier molecular flexibility index (Phi) is 3.68. The molecule has 1 heterocycles. The summed E-state index contributed by atoms with van der Waals surface area (Å²) < 4.78 is 2.14. The van der Waals surface area contributed by atoms with E-state index in [2.05, 4.69) is 17.2 Å². The number of allylic oxidation sites excluding steroid dienone is 1. The van der Waals surface area contributed by atoms with E-state index in [-0.39, 0.29) is 5.78 Å². The van der Waals surface area contributed by atoms with Crippen LogP contribution in [0.3, 0.4) is 0 Å². The number of carbonyl (C=O) groups is 1. The Morgan fingerprint density at radius 1 is 1.09 bits per heavy atom. The largest absolute Gasteiger partial charge is 0.340 e. The molecule has 2 heteroatoms. The highest BCUT2D eigenvalue weighted by Crippen LogP contribution is 2.28. The van der Waals surface area contributed by atoms with Crippen molar-refractivity contribution in [1.82, 2.24) is 4.57 Å². The molecule has 3 rings (SSSR count). The summed E-state index contributed by atoms with van der Waals surface area (Å²) >= 11 is 0. The molecule has 0 radical (unpaired) electrons. The molecule has 0 unspecified atom stereocenters. The highest BCUT2D eigenvalue weighted by atomic mass is 16.1. The highest BCUT2D eigenvalue weighted by Gasteiger charge is 2.20. The monoisotopic (exact) mass is 289 g/mol. The van der Waals surface area contributed by atoms with E-state index < -0.39 is 0 Å². The molecule has 0 aliphatic rings. The lowest BCUT2D eigenvalue weighted by Gasteiger charge is -2.05. The fourth-order valence-corrected chi connectivity index (χ4v) is 2.93. The number of ketones is 1. The summed E-state index contributed by atoms with van der Waals surface area (Å²) in [5.41, 5.74) is 4.75. The van der Waals surface area contributed by atoms with Gasteiger partial charge in [-0.15, -0.1) is 6.58 Å². The Balaban J connectivity index is 2.22. The molecule has 0 aliphatic heterocycles. The minimum absolute atomic E-state index is 0.0801. The number of rotatable bonds is 4. The minimum Gasteiger partial charge on any atom is -0.340 e. The average Bonchev–Trinajstić information content (AvgIpc) is 2.80. The Labute approximate surface area is 130 Å². The molecule has 0 saturated carbocycles. The predicted octanol–water partition coefficient (Wildman–Crippen LogP) is 4.68. The third-order valence-corrected chi connectivity index (χ3v) is 4.08. The minimum atomic E-state index is 0.0801. The maximum Gasteiger partial charge on any atom is 0.195 e. The molecule has 0 fully saturated rings. The van der Waals surface area contributed by atoms with Crippen LogP contribution in [0.25, 0.3) is 10.9 Å². The van der Waals surface area contributed by atoms with Crippen LogP contribution in [0, 0.1) is 13.8 Å². The van der Waals surface area contributed by atoms with Crippen molar-refractivity contribution in [1.29, 1.82) is 0 Å². The van der Waals surface area contributed by atoms with Crippen LogP contribution in [-0.4, -0.2) is 10.4 Å². The van der Waals surface area contributed by atoms with Gasteiger partial charge in [0.1, 0.15) is 0 Å². The van der Waals surface area contributed by atoms with Gasteiger partial charge in [0.2, 0.25) is 0 Å². The zero-order chi connectivity index (χ0) is 15.7. The van der Waals surface area contributed by atoms with Crippen LogP contribution in [0.2, 0.25) is 0 Å². The van der Waals surface area contributed by atoms with Crippen molar-refractivity contribution in [3.8, 4) is 0 Å². The zero-order valence-electron chi connectivity index (χ0n) is 13.0. The molecule has 1 aromatic heterocycles. The number of nitrogens with zero attached hydrogens (tertiary/aromatic N) is 1. The molecule has 3 aromatic rings. The summed E-state index contributed by atoms with van der Waals surface area (Å²) in [6.07, 6.45) is 1.86. The van der Waals surface area contributed by atoms with Crippen LogP contribution in [0.1, 0.15) is 27.2 Å². The second kappa shape index (κ2) is 5.64. The second-order valence-electron chi connectivity index (χ2n) is 5.57. The standard InChI is InChI=1S/C20H19NO/c1-4-13-21-15(3)19(17-7-5-6-8-18(17)21)20(22)16-11-9-14(2)10-12-16/h4-12H,1,13H2,2-3H3. The molecule has 0 bridgehead atoms. The fraction of sp³-hybridized carbons (Fsp3) is 0.150. The normalized spacial score (nSPS) is 10.8. The first-order chi connectivity index (χ1) is 10.6. The molecule has 0 N–H and O–H groups in total. The van der Waals surface area contributed by atoms with Crippen LogP contribution >= 0.6 is 0 Å². The third kappa shape index (κ3) is 2.27. The Morgan fingerprint density at radius 2 is 1.77 bits per heavy atom. The van der Waals surface area contributed by atoms with Crippen molar-refractivity contribution in [2.75, 3.05) is 0 Å². The van der Waals surface area contributed by atoms with Crippen molar-refractivity contribution in [2.45, 2.75) is 20.4 Å². The molecule has 110 valence electrons. The number of hydrogen-bond donors (Lipinski definition) is 0. The van der Waals surface area contributed by atoms with Gasteiger partial charge in [0.05, 0.1) is 5.56 Å². The molecule has 22 heavy (non-hydrogen) atoms. The zero-order valence-corrected chi connectivity index (χ0v) is 13.0. The smallest absolute Gasteiger partial charge is 0.195 e. The Morgan fingerprint density at radius 3 is 2.45 bits per heavy atom. The summed E-state index contributed by atoms with van der Waals surface area (Å²) in [5.74, 6) is 0.0801. The molecule has 2 aromatic carbocycles. The van der Waals surface area contributed by atoms with Crippen LogP contribution in [0.4, 0.5) is 0 Å². The van der Waals surface area contributed by atoms with Gasteiger partial charge in [0.15, 0.2) is 5.78 Å². The second-order valence-corrected chi connectivity index (χ2v) is 5.57. The van der Waals surface area contributed by atoms with Crippen molar-refractivity contribution >= 4 is 16.7 Å². The van der Waals surface area contributed by atoms with Crippen molar-refractivity contribution in [3.05, 3.63) is 83.6 Å². The first-order valence-corrected chi connectivity index (χ1v) is 7.43.